The minimum absolute atomic E-state index is 0.188. The average Bonchev–Trinajstić information content (AvgIpc) is 3.21. The Hall–Kier alpha value is -2.49. The second-order valence-corrected chi connectivity index (χ2v) is 9.67. The summed E-state index contributed by atoms with van der Waals surface area (Å²) in [5, 5.41) is 12.0. The molecule has 2 atom stereocenters. The monoisotopic (exact) mass is 416 g/mol. The van der Waals surface area contributed by atoms with Crippen molar-refractivity contribution in [1.82, 2.24) is 17.8 Å². The lowest BCUT2D eigenvalue weighted by atomic mass is 9.89. The lowest BCUT2D eigenvalue weighted by Crippen LogP contribution is -2.34. The zero-order chi connectivity index (χ0) is 21.1. The first-order valence-electron chi connectivity index (χ1n) is 9.44. The summed E-state index contributed by atoms with van der Waals surface area (Å²) >= 11 is 0. The molecule has 8 nitrogen and oxygen atoms in total. The van der Waals surface area contributed by atoms with E-state index in [9.17, 15) is 18.3 Å². The third-order valence-electron chi connectivity index (χ3n) is 5.86. The van der Waals surface area contributed by atoms with Crippen LogP contribution in [-0.2, 0) is 16.6 Å². The average molecular weight is 417 g/mol. The topological polar surface area (TPSA) is 97.4 Å². The second kappa shape index (κ2) is 6.79. The fourth-order valence-electron chi connectivity index (χ4n) is 4.18. The van der Waals surface area contributed by atoms with E-state index in [0.717, 1.165) is 30.4 Å². The van der Waals surface area contributed by atoms with Crippen molar-refractivity contribution >= 4 is 27.0 Å². The van der Waals surface area contributed by atoms with Crippen LogP contribution in [0.5, 0.6) is 0 Å². The van der Waals surface area contributed by atoms with Crippen LogP contribution in [0.25, 0.3) is 10.9 Å². The smallest absolute Gasteiger partial charge is 0.308 e. The number of carbonyl (C=O) groups excluding carboxylic acids is 1. The first-order valence-corrected chi connectivity index (χ1v) is 10.8. The number of benzene rings is 1. The van der Waals surface area contributed by atoms with Crippen LogP contribution in [0.1, 0.15) is 40.0 Å². The van der Waals surface area contributed by atoms with Crippen LogP contribution in [0.3, 0.4) is 0 Å². The Kier molecular flexibility index (Phi) is 4.64. The van der Waals surface area contributed by atoms with Gasteiger partial charge in [-0.05, 0) is 38.3 Å². The van der Waals surface area contributed by atoms with Crippen molar-refractivity contribution in [3.05, 3.63) is 53.2 Å². The maximum atomic E-state index is 13.3. The number of aryl methyl sites for hydroxylation is 1. The van der Waals surface area contributed by atoms with Crippen molar-refractivity contribution in [2.75, 3.05) is 14.1 Å². The number of aliphatic hydroxyl groups is 1. The SMILES string of the molecule is Cc1c2n(c3ccccc13)C(=O)C(C(O)c1ncn(S(=O)(=O)N(C)C)c1C)CC2. The number of nitrogens with zero attached hydrogens (tertiary/aromatic N) is 4. The standard InChI is InChI=1S/C20H24N4O4S/c1-12-14-7-5-6-8-17(14)24-16(12)10-9-15(20(24)26)19(25)18-13(2)23(11-21-18)29(27,28)22(3)4/h5-8,11,15,19,25H,9-10H2,1-4H3. The quantitative estimate of drug-likeness (QED) is 0.702. The highest BCUT2D eigenvalue weighted by atomic mass is 32.2. The molecule has 2 unspecified atom stereocenters. The summed E-state index contributed by atoms with van der Waals surface area (Å²) in [4.78, 5) is 17.5. The van der Waals surface area contributed by atoms with Gasteiger partial charge in [-0.3, -0.25) is 9.36 Å². The highest BCUT2D eigenvalue weighted by Crippen LogP contribution is 2.37. The Balaban J connectivity index is 1.74. The first kappa shape index (κ1) is 19.8. The summed E-state index contributed by atoms with van der Waals surface area (Å²) < 4.78 is 28.7. The lowest BCUT2D eigenvalue weighted by Gasteiger charge is -2.27. The molecule has 0 bridgehead atoms. The third-order valence-corrected chi connectivity index (χ3v) is 7.64. The highest BCUT2D eigenvalue weighted by Gasteiger charge is 2.38. The number of rotatable bonds is 4. The largest absolute Gasteiger partial charge is 0.386 e. The van der Waals surface area contributed by atoms with E-state index in [1.165, 1.54) is 20.4 Å². The van der Waals surface area contributed by atoms with Crippen molar-refractivity contribution < 1.29 is 18.3 Å². The lowest BCUT2D eigenvalue weighted by molar-refractivity contribution is 0.0530. The fourth-order valence-corrected chi connectivity index (χ4v) is 5.13. The molecule has 0 amide bonds. The van der Waals surface area contributed by atoms with Crippen molar-refractivity contribution in [2.45, 2.75) is 32.8 Å². The van der Waals surface area contributed by atoms with Gasteiger partial charge in [-0.1, -0.05) is 18.2 Å². The number of para-hydroxylation sites is 1. The summed E-state index contributed by atoms with van der Waals surface area (Å²) in [5.74, 6) is -0.880. The van der Waals surface area contributed by atoms with Gasteiger partial charge in [0.25, 0.3) is 0 Å². The van der Waals surface area contributed by atoms with Gasteiger partial charge < -0.3 is 5.11 Å². The van der Waals surface area contributed by atoms with Gasteiger partial charge in [-0.15, -0.1) is 0 Å². The number of hydrogen-bond acceptors (Lipinski definition) is 5. The van der Waals surface area contributed by atoms with Crippen LogP contribution in [0, 0.1) is 19.8 Å². The molecule has 3 aromatic rings. The third kappa shape index (κ3) is 2.84. The molecule has 4 rings (SSSR count). The second-order valence-electron chi connectivity index (χ2n) is 7.65. The molecule has 154 valence electrons. The van der Waals surface area contributed by atoms with E-state index in [4.69, 9.17) is 0 Å². The normalized spacial score (nSPS) is 18.4. The van der Waals surface area contributed by atoms with Crippen LogP contribution in [0.4, 0.5) is 0 Å². The zero-order valence-electron chi connectivity index (χ0n) is 16.8. The number of imidazole rings is 1. The summed E-state index contributed by atoms with van der Waals surface area (Å²) in [6, 6.07) is 7.73. The molecule has 1 N–H and O–H groups in total. The molecule has 0 spiro atoms. The highest BCUT2D eigenvalue weighted by molar-refractivity contribution is 7.87. The molecule has 0 fully saturated rings. The summed E-state index contributed by atoms with van der Waals surface area (Å²) in [6.07, 6.45) is 1.13. The Morgan fingerprint density at radius 2 is 1.93 bits per heavy atom. The maximum absolute atomic E-state index is 13.3. The molecule has 2 aromatic heterocycles. The van der Waals surface area contributed by atoms with Crippen LogP contribution >= 0.6 is 0 Å². The minimum atomic E-state index is -3.75. The predicted octanol–water partition coefficient (Wildman–Crippen LogP) is 2.05. The molecule has 1 aliphatic rings. The van der Waals surface area contributed by atoms with Crippen molar-refractivity contribution in [3.8, 4) is 0 Å². The van der Waals surface area contributed by atoms with Crippen molar-refractivity contribution in [3.63, 3.8) is 0 Å². The molecule has 1 aromatic carbocycles. The number of aromatic nitrogens is 3. The van der Waals surface area contributed by atoms with E-state index < -0.39 is 22.2 Å². The van der Waals surface area contributed by atoms with Crippen molar-refractivity contribution in [2.24, 2.45) is 5.92 Å². The molecular formula is C20H24N4O4S. The number of hydrogen-bond donors (Lipinski definition) is 1. The van der Waals surface area contributed by atoms with Crippen LogP contribution in [0.2, 0.25) is 0 Å². The molecular weight excluding hydrogens is 392 g/mol. The van der Waals surface area contributed by atoms with E-state index in [2.05, 4.69) is 4.98 Å². The zero-order valence-corrected chi connectivity index (χ0v) is 17.6. The van der Waals surface area contributed by atoms with Crippen LogP contribution in [-0.4, -0.2) is 51.4 Å². The number of aliphatic hydroxyl groups excluding tert-OH is 1. The Labute approximate surface area is 169 Å². The first-order chi connectivity index (χ1) is 13.7. The summed E-state index contributed by atoms with van der Waals surface area (Å²) in [6.45, 7) is 3.59. The van der Waals surface area contributed by atoms with Gasteiger partial charge in [0.05, 0.1) is 22.8 Å². The van der Waals surface area contributed by atoms with E-state index in [1.807, 2.05) is 31.2 Å². The number of fused-ring (bicyclic) bond motifs is 3. The summed E-state index contributed by atoms with van der Waals surface area (Å²) in [7, 11) is -0.898. The van der Waals surface area contributed by atoms with Gasteiger partial charge in [0, 0.05) is 25.2 Å². The molecule has 3 heterocycles. The summed E-state index contributed by atoms with van der Waals surface area (Å²) in [5.41, 5.74) is 3.40. The van der Waals surface area contributed by atoms with Gasteiger partial charge in [-0.2, -0.15) is 12.7 Å². The maximum Gasteiger partial charge on any atom is 0.308 e. The fraction of sp³-hybridized carbons (Fsp3) is 0.400. The van der Waals surface area contributed by atoms with E-state index >= 15 is 0 Å². The molecule has 0 radical (unpaired) electrons. The van der Waals surface area contributed by atoms with Crippen molar-refractivity contribution in [1.29, 1.82) is 0 Å². The minimum Gasteiger partial charge on any atom is -0.386 e. The molecule has 0 saturated carbocycles. The Bertz CT molecular complexity index is 1220. The van der Waals surface area contributed by atoms with Gasteiger partial charge in [0.15, 0.2) is 0 Å². The molecule has 29 heavy (non-hydrogen) atoms. The van der Waals surface area contributed by atoms with E-state index in [0.29, 0.717) is 18.5 Å². The Morgan fingerprint density at radius 3 is 2.62 bits per heavy atom. The van der Waals surface area contributed by atoms with Gasteiger partial charge in [-0.25, -0.2) is 8.96 Å². The Morgan fingerprint density at radius 1 is 1.24 bits per heavy atom. The number of carbonyl (C=O) groups is 1. The van der Waals surface area contributed by atoms with Gasteiger partial charge >= 0.3 is 10.2 Å². The molecule has 9 heteroatoms. The van der Waals surface area contributed by atoms with Gasteiger partial charge in [0.1, 0.15) is 12.4 Å². The predicted molar refractivity (Wildman–Crippen MR) is 109 cm³/mol. The molecule has 0 saturated heterocycles. The van der Waals surface area contributed by atoms with Crippen LogP contribution in [0.15, 0.2) is 30.6 Å². The van der Waals surface area contributed by atoms with E-state index in [1.54, 1.807) is 11.5 Å². The molecule has 0 aliphatic carbocycles. The van der Waals surface area contributed by atoms with E-state index in [-0.39, 0.29) is 11.6 Å². The van der Waals surface area contributed by atoms with Gasteiger partial charge in [0.2, 0.25) is 5.91 Å². The molecule has 1 aliphatic heterocycles. The van der Waals surface area contributed by atoms with Crippen LogP contribution < -0.4 is 0 Å².